The number of carbonyl (C=O) groups is 1. The predicted molar refractivity (Wildman–Crippen MR) is 124 cm³/mol. The third kappa shape index (κ3) is 4.59. The number of aromatic carboxylic acids is 1. The highest BCUT2D eigenvalue weighted by Crippen LogP contribution is 2.45. The second-order valence-corrected chi connectivity index (χ2v) is 10.2. The number of halogens is 3. The Hall–Kier alpha value is -1.86. The van der Waals surface area contributed by atoms with E-state index in [-0.39, 0.29) is 17.0 Å². The molecular formula is C25H26Cl2FNO4. The van der Waals surface area contributed by atoms with Crippen molar-refractivity contribution >= 4 is 29.2 Å². The number of piperidine rings is 1. The second-order valence-electron chi connectivity index (χ2n) is 9.37. The number of ether oxygens (including phenoxy) is 2. The lowest BCUT2D eigenvalue weighted by atomic mass is 9.83. The lowest BCUT2D eigenvalue weighted by Crippen LogP contribution is -2.61. The first kappa shape index (κ1) is 22.9. The molecule has 1 saturated carbocycles. The molecule has 2 saturated heterocycles. The molecular weight excluding hydrogens is 468 g/mol. The molecule has 0 bridgehead atoms. The zero-order valence-electron chi connectivity index (χ0n) is 18.2. The molecule has 2 aromatic rings. The predicted octanol–water partition coefficient (Wildman–Crippen LogP) is 5.72. The summed E-state index contributed by atoms with van der Waals surface area (Å²) in [7, 11) is 0. The van der Waals surface area contributed by atoms with E-state index in [4.69, 9.17) is 32.7 Å². The number of rotatable bonds is 7. The Morgan fingerprint density at radius 2 is 1.76 bits per heavy atom. The fourth-order valence-corrected chi connectivity index (χ4v) is 5.49. The monoisotopic (exact) mass is 493 g/mol. The minimum Gasteiger partial charge on any atom is -0.493 e. The molecule has 3 aliphatic rings. The van der Waals surface area contributed by atoms with Crippen molar-refractivity contribution in [3.8, 4) is 5.75 Å². The summed E-state index contributed by atoms with van der Waals surface area (Å²) in [5, 5.41) is 10.5. The number of likely N-dealkylation sites (tertiary alicyclic amines) is 1. The summed E-state index contributed by atoms with van der Waals surface area (Å²) in [4.78, 5) is 13.8. The molecule has 176 valence electrons. The largest absolute Gasteiger partial charge is 0.493 e. The normalized spacial score (nSPS) is 20.9. The third-order valence-electron chi connectivity index (χ3n) is 7.12. The van der Waals surface area contributed by atoms with Crippen molar-refractivity contribution in [1.82, 2.24) is 4.90 Å². The van der Waals surface area contributed by atoms with E-state index in [9.17, 15) is 14.3 Å². The number of carboxylic acids is 1. The van der Waals surface area contributed by atoms with Gasteiger partial charge in [0, 0.05) is 16.1 Å². The zero-order chi connectivity index (χ0) is 23.2. The van der Waals surface area contributed by atoms with E-state index in [2.05, 4.69) is 4.90 Å². The van der Waals surface area contributed by atoms with Gasteiger partial charge in [-0.1, -0.05) is 23.2 Å². The van der Waals surface area contributed by atoms with Gasteiger partial charge < -0.3 is 14.6 Å². The van der Waals surface area contributed by atoms with Crippen LogP contribution in [0.1, 0.15) is 53.1 Å². The molecule has 0 atom stereocenters. The second kappa shape index (κ2) is 9.06. The average molecular weight is 494 g/mol. The molecule has 0 aromatic heterocycles. The molecule has 3 fully saturated rings. The van der Waals surface area contributed by atoms with Crippen LogP contribution in [0.2, 0.25) is 10.0 Å². The van der Waals surface area contributed by atoms with E-state index in [1.54, 1.807) is 6.07 Å². The van der Waals surface area contributed by atoms with Crippen molar-refractivity contribution in [2.75, 3.05) is 32.9 Å². The van der Waals surface area contributed by atoms with Gasteiger partial charge in [0.05, 0.1) is 30.9 Å². The molecule has 0 spiro atoms. The van der Waals surface area contributed by atoms with Gasteiger partial charge >= 0.3 is 5.97 Å². The van der Waals surface area contributed by atoms with Crippen LogP contribution in [0.5, 0.6) is 5.75 Å². The Bertz CT molecular complexity index is 1040. The molecule has 1 aliphatic carbocycles. The Morgan fingerprint density at radius 3 is 2.30 bits per heavy atom. The molecule has 8 heteroatoms. The molecule has 2 aliphatic heterocycles. The number of hydrogen-bond acceptors (Lipinski definition) is 4. The summed E-state index contributed by atoms with van der Waals surface area (Å²) in [5.74, 6) is -0.896. The van der Waals surface area contributed by atoms with Crippen molar-refractivity contribution in [2.24, 2.45) is 5.92 Å². The van der Waals surface area contributed by atoms with Crippen molar-refractivity contribution in [3.63, 3.8) is 0 Å². The average Bonchev–Trinajstić information content (AvgIpc) is 3.57. The summed E-state index contributed by atoms with van der Waals surface area (Å²) >= 11 is 12.5. The van der Waals surface area contributed by atoms with Crippen LogP contribution >= 0.6 is 23.2 Å². The zero-order valence-corrected chi connectivity index (χ0v) is 19.7. The van der Waals surface area contributed by atoms with Crippen molar-refractivity contribution in [1.29, 1.82) is 0 Å². The Labute approximate surface area is 202 Å². The molecule has 0 unspecified atom stereocenters. The maximum atomic E-state index is 14.3. The quantitative estimate of drug-likeness (QED) is 0.533. The van der Waals surface area contributed by atoms with Gasteiger partial charge in [-0.3, -0.25) is 4.90 Å². The summed E-state index contributed by atoms with van der Waals surface area (Å²) in [6.45, 7) is 3.51. The van der Waals surface area contributed by atoms with E-state index in [1.807, 2.05) is 12.1 Å². The first-order valence-electron chi connectivity index (χ1n) is 11.3. The van der Waals surface area contributed by atoms with Crippen molar-refractivity contribution < 1.29 is 23.8 Å². The van der Waals surface area contributed by atoms with Crippen LogP contribution in [0.15, 0.2) is 30.3 Å². The van der Waals surface area contributed by atoms with E-state index in [0.29, 0.717) is 41.5 Å². The summed E-state index contributed by atoms with van der Waals surface area (Å²) in [5.41, 5.74) is 1.42. The highest BCUT2D eigenvalue weighted by molar-refractivity contribution is 6.34. The number of benzene rings is 2. The SMILES string of the molecule is O=C(O)c1cc(C2CC2)c(OCC2CCN(C3(c4cc(Cl)cc(Cl)c4)COC3)CC2)cc1F. The Morgan fingerprint density at radius 1 is 1.09 bits per heavy atom. The molecule has 0 radical (unpaired) electrons. The van der Waals surface area contributed by atoms with E-state index in [0.717, 1.165) is 49.9 Å². The van der Waals surface area contributed by atoms with Gasteiger partial charge in [0.15, 0.2) is 0 Å². The van der Waals surface area contributed by atoms with Crippen LogP contribution in [-0.2, 0) is 10.3 Å². The Kier molecular flexibility index (Phi) is 6.29. The fourth-order valence-electron chi connectivity index (χ4n) is 4.96. The van der Waals surface area contributed by atoms with Crippen LogP contribution in [0, 0.1) is 11.7 Å². The van der Waals surface area contributed by atoms with E-state index >= 15 is 0 Å². The fraction of sp³-hybridized carbons (Fsp3) is 0.480. The van der Waals surface area contributed by atoms with Crippen LogP contribution in [0.4, 0.5) is 4.39 Å². The summed E-state index contributed by atoms with van der Waals surface area (Å²) in [6, 6.07) is 8.38. The van der Waals surface area contributed by atoms with Crippen LogP contribution in [0.25, 0.3) is 0 Å². The molecule has 1 N–H and O–H groups in total. The highest BCUT2D eigenvalue weighted by atomic mass is 35.5. The molecule has 2 aromatic carbocycles. The van der Waals surface area contributed by atoms with Gasteiger partial charge in [-0.15, -0.1) is 0 Å². The summed E-state index contributed by atoms with van der Waals surface area (Å²) in [6.07, 6.45) is 3.86. The maximum absolute atomic E-state index is 14.3. The number of carboxylic acid groups (broad SMARTS) is 1. The molecule has 5 rings (SSSR count). The van der Waals surface area contributed by atoms with Crippen LogP contribution in [0.3, 0.4) is 0 Å². The Balaban J connectivity index is 1.23. The topological polar surface area (TPSA) is 59.0 Å². The van der Waals surface area contributed by atoms with Gasteiger partial charge in [0.2, 0.25) is 0 Å². The van der Waals surface area contributed by atoms with Crippen molar-refractivity contribution in [2.45, 2.75) is 37.1 Å². The molecule has 33 heavy (non-hydrogen) atoms. The van der Waals surface area contributed by atoms with Gasteiger partial charge in [-0.25, -0.2) is 9.18 Å². The van der Waals surface area contributed by atoms with Crippen LogP contribution in [-0.4, -0.2) is 48.9 Å². The van der Waals surface area contributed by atoms with E-state index < -0.39 is 11.8 Å². The van der Waals surface area contributed by atoms with Crippen molar-refractivity contribution in [3.05, 3.63) is 62.9 Å². The third-order valence-corrected chi connectivity index (χ3v) is 7.56. The number of hydrogen-bond donors (Lipinski definition) is 1. The summed E-state index contributed by atoms with van der Waals surface area (Å²) < 4.78 is 25.9. The lowest BCUT2D eigenvalue weighted by Gasteiger charge is -2.52. The molecule has 0 amide bonds. The molecule has 2 heterocycles. The molecule has 5 nitrogen and oxygen atoms in total. The standard InChI is InChI=1S/C25H26Cl2FNO4/c26-18-7-17(8-19(27)9-18)25(13-32-14-25)29-5-3-15(4-6-29)12-33-23-11-22(28)21(24(30)31)10-20(23)16-1-2-16/h7-11,15-16H,1-6,12-14H2,(H,30,31). The smallest absolute Gasteiger partial charge is 0.338 e. The van der Waals surface area contributed by atoms with Gasteiger partial charge in [0.1, 0.15) is 11.6 Å². The first-order chi connectivity index (χ1) is 15.9. The minimum atomic E-state index is -1.25. The number of nitrogens with zero attached hydrogens (tertiary/aromatic N) is 1. The minimum absolute atomic E-state index is 0.199. The van der Waals surface area contributed by atoms with Gasteiger partial charge in [-0.05, 0) is 86.0 Å². The maximum Gasteiger partial charge on any atom is 0.338 e. The lowest BCUT2D eigenvalue weighted by molar-refractivity contribution is -0.155. The van der Waals surface area contributed by atoms with E-state index in [1.165, 1.54) is 12.1 Å². The van der Waals surface area contributed by atoms with Crippen LogP contribution < -0.4 is 4.74 Å². The van der Waals surface area contributed by atoms with Gasteiger partial charge in [-0.2, -0.15) is 0 Å². The van der Waals surface area contributed by atoms with Gasteiger partial charge in [0.25, 0.3) is 0 Å². The first-order valence-corrected chi connectivity index (χ1v) is 12.1. The highest BCUT2D eigenvalue weighted by Gasteiger charge is 2.47.